The summed E-state index contributed by atoms with van der Waals surface area (Å²) in [5.74, 6) is 0. The average molecular weight is 224 g/mol. The quantitative estimate of drug-likeness (QED) is 0.713. The highest BCUT2D eigenvalue weighted by Crippen LogP contribution is 2.10. The van der Waals surface area contributed by atoms with E-state index in [1.807, 2.05) is 0 Å². The van der Waals surface area contributed by atoms with E-state index in [0.29, 0.717) is 19.5 Å². The number of carbonyl (C=O) groups is 2. The summed E-state index contributed by atoms with van der Waals surface area (Å²) >= 11 is 0. The smallest absolute Gasteiger partial charge is 0.404 e. The van der Waals surface area contributed by atoms with Crippen LogP contribution >= 0.6 is 0 Å². The summed E-state index contributed by atoms with van der Waals surface area (Å²) in [7, 11) is 0. The van der Waals surface area contributed by atoms with Gasteiger partial charge in [-0.05, 0) is 6.42 Å². The van der Waals surface area contributed by atoms with Crippen LogP contribution in [0.3, 0.4) is 0 Å². The largest absolute Gasteiger partial charge is 0.465 e. The highest BCUT2D eigenvalue weighted by Gasteiger charge is 2.27. The maximum atomic E-state index is 11.8. The molecule has 1 saturated heterocycles. The molecule has 1 aromatic rings. The fraction of sp³-hybridized carbons (Fsp3) is 0.444. The van der Waals surface area contributed by atoms with E-state index < -0.39 is 6.09 Å². The van der Waals surface area contributed by atoms with Gasteiger partial charge in [0.1, 0.15) is 6.33 Å². The second-order valence-electron chi connectivity index (χ2n) is 3.63. The third kappa shape index (κ3) is 2.13. The Labute approximate surface area is 91.7 Å². The molecule has 0 bridgehead atoms. The summed E-state index contributed by atoms with van der Waals surface area (Å²) in [6.07, 6.45) is 4.12. The molecular formula is C9H12N4O3. The van der Waals surface area contributed by atoms with Crippen molar-refractivity contribution in [2.75, 3.05) is 13.1 Å². The van der Waals surface area contributed by atoms with E-state index in [4.69, 9.17) is 5.11 Å². The predicted octanol–water partition coefficient (Wildman–Crippen LogP) is 0.193. The van der Waals surface area contributed by atoms with Gasteiger partial charge in [-0.3, -0.25) is 4.57 Å². The molecule has 2 rings (SSSR count). The van der Waals surface area contributed by atoms with E-state index in [1.165, 1.54) is 17.1 Å². The molecule has 0 aliphatic carbocycles. The Hall–Kier alpha value is -2.05. The first-order chi connectivity index (χ1) is 7.66. The third-order valence-corrected chi connectivity index (χ3v) is 2.51. The fourth-order valence-electron chi connectivity index (χ4n) is 1.76. The number of nitrogens with zero attached hydrogens (tertiary/aromatic N) is 3. The minimum atomic E-state index is -1.05. The highest BCUT2D eigenvalue weighted by atomic mass is 16.4. The Morgan fingerprint density at radius 2 is 2.31 bits per heavy atom. The Kier molecular flexibility index (Phi) is 2.76. The van der Waals surface area contributed by atoms with Gasteiger partial charge in [-0.25, -0.2) is 14.6 Å². The van der Waals surface area contributed by atoms with E-state index in [9.17, 15) is 9.59 Å². The van der Waals surface area contributed by atoms with Crippen molar-refractivity contribution in [2.24, 2.45) is 0 Å². The molecule has 86 valence electrons. The number of hydrogen-bond donors (Lipinski definition) is 2. The molecule has 1 fully saturated rings. The van der Waals surface area contributed by atoms with Gasteiger partial charge in [0.05, 0.1) is 6.04 Å². The van der Waals surface area contributed by atoms with Crippen LogP contribution in [0.5, 0.6) is 0 Å². The van der Waals surface area contributed by atoms with Crippen LogP contribution in [0.25, 0.3) is 0 Å². The zero-order valence-corrected chi connectivity index (χ0v) is 8.54. The molecule has 1 aliphatic rings. The zero-order chi connectivity index (χ0) is 11.5. The Morgan fingerprint density at radius 1 is 1.50 bits per heavy atom. The van der Waals surface area contributed by atoms with Crippen LogP contribution < -0.4 is 5.32 Å². The van der Waals surface area contributed by atoms with Gasteiger partial charge in [-0.1, -0.05) is 0 Å². The second kappa shape index (κ2) is 4.21. The summed E-state index contributed by atoms with van der Waals surface area (Å²) in [5.41, 5.74) is 0. The number of likely N-dealkylation sites (tertiary alicyclic amines) is 1. The van der Waals surface area contributed by atoms with E-state index in [2.05, 4.69) is 10.3 Å². The van der Waals surface area contributed by atoms with Crippen LogP contribution in [0.4, 0.5) is 9.59 Å². The van der Waals surface area contributed by atoms with Crippen molar-refractivity contribution in [1.29, 1.82) is 0 Å². The van der Waals surface area contributed by atoms with Gasteiger partial charge in [0.25, 0.3) is 0 Å². The van der Waals surface area contributed by atoms with Crippen molar-refractivity contribution in [3.8, 4) is 0 Å². The molecule has 7 heteroatoms. The molecule has 1 unspecified atom stereocenters. The zero-order valence-electron chi connectivity index (χ0n) is 8.54. The molecule has 1 aliphatic heterocycles. The number of nitrogens with one attached hydrogen (secondary N) is 1. The summed E-state index contributed by atoms with van der Waals surface area (Å²) in [6, 6.07) is -0.350. The lowest BCUT2D eigenvalue weighted by Crippen LogP contribution is -2.38. The molecule has 0 saturated carbocycles. The third-order valence-electron chi connectivity index (χ3n) is 2.51. The molecule has 1 atom stereocenters. The number of aromatic nitrogens is 2. The van der Waals surface area contributed by atoms with E-state index in [-0.39, 0.29) is 12.1 Å². The topological polar surface area (TPSA) is 87.5 Å². The van der Waals surface area contributed by atoms with Crippen LogP contribution in [-0.4, -0.2) is 50.8 Å². The van der Waals surface area contributed by atoms with Gasteiger partial charge in [0.2, 0.25) is 0 Å². The van der Waals surface area contributed by atoms with Crippen LogP contribution in [0.15, 0.2) is 18.7 Å². The maximum absolute atomic E-state index is 11.8. The Balaban J connectivity index is 1.94. The Bertz CT molecular complexity index is 389. The highest BCUT2D eigenvalue weighted by molar-refractivity contribution is 5.77. The lowest BCUT2D eigenvalue weighted by Gasteiger charge is -2.16. The predicted molar refractivity (Wildman–Crippen MR) is 54.2 cm³/mol. The minimum absolute atomic E-state index is 0.174. The molecule has 1 aromatic heterocycles. The normalized spacial score (nSPS) is 19.8. The molecule has 7 nitrogen and oxygen atoms in total. The fourth-order valence-corrected chi connectivity index (χ4v) is 1.76. The van der Waals surface area contributed by atoms with Gasteiger partial charge in [0, 0.05) is 25.5 Å². The molecule has 0 spiro atoms. The van der Waals surface area contributed by atoms with Crippen molar-refractivity contribution in [3.05, 3.63) is 18.7 Å². The second-order valence-corrected chi connectivity index (χ2v) is 3.63. The number of rotatable bonds is 1. The molecule has 2 heterocycles. The van der Waals surface area contributed by atoms with Crippen LogP contribution in [0, 0.1) is 0 Å². The van der Waals surface area contributed by atoms with Crippen molar-refractivity contribution in [2.45, 2.75) is 12.5 Å². The minimum Gasteiger partial charge on any atom is -0.465 e. The van der Waals surface area contributed by atoms with Gasteiger partial charge in [-0.15, -0.1) is 0 Å². The first-order valence-electron chi connectivity index (χ1n) is 4.93. The first kappa shape index (κ1) is 10.5. The molecule has 2 N–H and O–H groups in total. The van der Waals surface area contributed by atoms with Crippen molar-refractivity contribution >= 4 is 12.1 Å². The number of hydrogen-bond acceptors (Lipinski definition) is 3. The molecule has 0 radical (unpaired) electrons. The SMILES string of the molecule is O=C(O)NC1CCN(C(=O)n2ccnc2)C1. The van der Waals surface area contributed by atoms with Crippen LogP contribution in [0.1, 0.15) is 6.42 Å². The van der Waals surface area contributed by atoms with Crippen molar-refractivity contribution in [1.82, 2.24) is 19.8 Å². The first-order valence-corrected chi connectivity index (χ1v) is 4.93. The number of amides is 2. The molecule has 0 aromatic carbocycles. The van der Waals surface area contributed by atoms with E-state index in [1.54, 1.807) is 11.1 Å². The molecule has 16 heavy (non-hydrogen) atoms. The summed E-state index contributed by atoms with van der Waals surface area (Å²) in [6.45, 7) is 0.964. The van der Waals surface area contributed by atoms with E-state index in [0.717, 1.165) is 0 Å². The van der Waals surface area contributed by atoms with Crippen molar-refractivity contribution in [3.63, 3.8) is 0 Å². The summed E-state index contributed by atoms with van der Waals surface area (Å²) in [5, 5.41) is 10.9. The average Bonchev–Trinajstić information content (AvgIpc) is 2.84. The standard InChI is InChI=1S/C9H12N4O3/c14-8(15)11-7-1-3-12(5-7)9(16)13-4-2-10-6-13/h2,4,6-7,11H,1,3,5H2,(H,14,15). The lowest BCUT2D eigenvalue weighted by molar-refractivity contribution is 0.188. The van der Waals surface area contributed by atoms with Gasteiger partial charge < -0.3 is 15.3 Å². The van der Waals surface area contributed by atoms with Crippen LogP contribution in [0.2, 0.25) is 0 Å². The maximum Gasteiger partial charge on any atom is 0.404 e. The number of imidazole rings is 1. The number of carbonyl (C=O) groups excluding carboxylic acids is 1. The van der Waals surface area contributed by atoms with Crippen molar-refractivity contribution < 1.29 is 14.7 Å². The van der Waals surface area contributed by atoms with Gasteiger partial charge in [0.15, 0.2) is 0 Å². The monoisotopic (exact) mass is 224 g/mol. The van der Waals surface area contributed by atoms with Gasteiger partial charge >= 0.3 is 12.1 Å². The molecular weight excluding hydrogens is 212 g/mol. The molecule has 2 amide bonds. The lowest BCUT2D eigenvalue weighted by atomic mass is 10.3. The summed E-state index contributed by atoms with van der Waals surface area (Å²) < 4.78 is 1.38. The number of carboxylic acid groups (broad SMARTS) is 1. The van der Waals surface area contributed by atoms with E-state index >= 15 is 0 Å². The van der Waals surface area contributed by atoms with Gasteiger partial charge in [-0.2, -0.15) is 0 Å². The summed E-state index contributed by atoms with van der Waals surface area (Å²) in [4.78, 5) is 27.6. The Morgan fingerprint density at radius 3 is 2.94 bits per heavy atom. The van der Waals surface area contributed by atoms with Crippen LogP contribution in [-0.2, 0) is 0 Å².